The Labute approximate surface area is 186 Å². The van der Waals surface area contributed by atoms with E-state index in [-0.39, 0.29) is 29.5 Å². The number of hydrogen-bond donors (Lipinski definition) is 3. The van der Waals surface area contributed by atoms with Gasteiger partial charge in [-0.15, -0.1) is 0 Å². The van der Waals surface area contributed by atoms with Crippen LogP contribution in [-0.4, -0.2) is 30.0 Å². The van der Waals surface area contributed by atoms with Crippen molar-refractivity contribution in [3.8, 4) is 0 Å². The van der Waals surface area contributed by atoms with Crippen LogP contribution in [0, 0.1) is 5.92 Å². The number of amides is 3. The summed E-state index contributed by atoms with van der Waals surface area (Å²) in [6.07, 6.45) is 1.28. The van der Waals surface area contributed by atoms with Crippen LogP contribution >= 0.6 is 11.6 Å². The first-order valence-electron chi connectivity index (χ1n) is 10.2. The van der Waals surface area contributed by atoms with Gasteiger partial charge in [-0.25, -0.2) is 4.79 Å². The monoisotopic (exact) mass is 443 g/mol. The Bertz CT molecular complexity index is 945. The molecule has 3 rings (SSSR count). The quantitative estimate of drug-likeness (QED) is 0.571. The topological polar surface area (TPSA) is 96.5 Å². The molecule has 7 nitrogen and oxygen atoms in total. The summed E-state index contributed by atoms with van der Waals surface area (Å²) in [5, 5.41) is 8.47. The number of anilines is 1. The fraction of sp³-hybridized carbons (Fsp3) is 0.348. The van der Waals surface area contributed by atoms with Crippen LogP contribution in [0.25, 0.3) is 0 Å². The fourth-order valence-electron chi connectivity index (χ4n) is 2.91. The van der Waals surface area contributed by atoms with Gasteiger partial charge in [0.1, 0.15) is 12.6 Å². The second kappa shape index (κ2) is 10.3. The molecule has 1 aliphatic carbocycles. The Hall–Kier alpha value is -3.06. The molecule has 0 spiro atoms. The average Bonchev–Trinajstić information content (AvgIpc) is 3.55. The van der Waals surface area contributed by atoms with Gasteiger partial charge in [0.05, 0.1) is 10.6 Å². The van der Waals surface area contributed by atoms with Gasteiger partial charge in [0.15, 0.2) is 0 Å². The van der Waals surface area contributed by atoms with Crippen LogP contribution in [0.5, 0.6) is 0 Å². The zero-order valence-corrected chi connectivity index (χ0v) is 18.2. The number of benzene rings is 2. The van der Waals surface area contributed by atoms with E-state index in [9.17, 15) is 14.4 Å². The first-order valence-corrected chi connectivity index (χ1v) is 10.6. The van der Waals surface area contributed by atoms with E-state index in [1.807, 2.05) is 44.2 Å². The minimum atomic E-state index is -0.806. The Kier molecular flexibility index (Phi) is 7.52. The van der Waals surface area contributed by atoms with Crippen LogP contribution in [0.1, 0.15) is 42.6 Å². The molecule has 0 aliphatic heterocycles. The molecular formula is C23H26ClN3O4. The van der Waals surface area contributed by atoms with Crippen molar-refractivity contribution in [2.24, 2.45) is 5.92 Å². The van der Waals surface area contributed by atoms with Crippen LogP contribution in [0.4, 0.5) is 10.5 Å². The van der Waals surface area contributed by atoms with Gasteiger partial charge in [0.25, 0.3) is 5.91 Å². The second-order valence-electron chi connectivity index (χ2n) is 7.86. The summed E-state index contributed by atoms with van der Waals surface area (Å²) in [6, 6.07) is 13.4. The minimum absolute atomic E-state index is 0.110. The Morgan fingerprint density at radius 2 is 1.81 bits per heavy atom. The van der Waals surface area contributed by atoms with Crippen molar-refractivity contribution in [1.82, 2.24) is 10.6 Å². The Balaban J connectivity index is 1.57. The molecule has 8 heteroatoms. The van der Waals surface area contributed by atoms with Crippen LogP contribution in [-0.2, 0) is 16.1 Å². The van der Waals surface area contributed by atoms with Crippen molar-refractivity contribution in [2.75, 3.05) is 5.32 Å². The van der Waals surface area contributed by atoms with E-state index in [2.05, 4.69) is 16.0 Å². The first kappa shape index (κ1) is 22.6. The van der Waals surface area contributed by atoms with Crippen molar-refractivity contribution in [3.05, 3.63) is 64.7 Å². The summed E-state index contributed by atoms with van der Waals surface area (Å²) in [7, 11) is 0. The third-order valence-electron chi connectivity index (χ3n) is 4.83. The van der Waals surface area contributed by atoms with Gasteiger partial charge in [-0.1, -0.05) is 55.8 Å². The lowest BCUT2D eigenvalue weighted by molar-refractivity contribution is -0.119. The predicted molar refractivity (Wildman–Crippen MR) is 119 cm³/mol. The van der Waals surface area contributed by atoms with Gasteiger partial charge >= 0.3 is 6.09 Å². The molecule has 31 heavy (non-hydrogen) atoms. The summed E-state index contributed by atoms with van der Waals surface area (Å²) >= 11 is 6.24. The highest BCUT2D eigenvalue weighted by Gasteiger charge is 2.26. The zero-order chi connectivity index (χ0) is 22.4. The summed E-state index contributed by atoms with van der Waals surface area (Å²) < 4.78 is 5.21. The van der Waals surface area contributed by atoms with E-state index in [1.165, 1.54) is 6.07 Å². The molecule has 2 aromatic rings. The van der Waals surface area contributed by atoms with Gasteiger partial charge in [-0.05, 0) is 42.5 Å². The first-order chi connectivity index (χ1) is 14.8. The van der Waals surface area contributed by atoms with E-state index in [0.717, 1.165) is 18.4 Å². The number of hydrogen-bond acceptors (Lipinski definition) is 4. The van der Waals surface area contributed by atoms with Crippen molar-refractivity contribution >= 4 is 35.2 Å². The maximum absolute atomic E-state index is 12.7. The van der Waals surface area contributed by atoms with E-state index >= 15 is 0 Å². The molecule has 0 saturated heterocycles. The molecule has 1 saturated carbocycles. The molecule has 2 aromatic carbocycles. The maximum atomic E-state index is 12.7. The zero-order valence-electron chi connectivity index (χ0n) is 17.5. The van der Waals surface area contributed by atoms with Gasteiger partial charge in [-0.3, -0.25) is 9.59 Å². The van der Waals surface area contributed by atoms with Crippen molar-refractivity contribution in [2.45, 2.75) is 45.4 Å². The summed E-state index contributed by atoms with van der Waals surface area (Å²) in [5.41, 5.74) is 1.64. The van der Waals surface area contributed by atoms with Gasteiger partial charge in [0.2, 0.25) is 5.91 Å². The van der Waals surface area contributed by atoms with E-state index < -0.39 is 18.0 Å². The van der Waals surface area contributed by atoms with Gasteiger partial charge in [-0.2, -0.15) is 0 Å². The molecule has 0 radical (unpaired) electrons. The highest BCUT2D eigenvalue weighted by atomic mass is 35.5. The highest BCUT2D eigenvalue weighted by Crippen LogP contribution is 2.24. The Morgan fingerprint density at radius 3 is 2.42 bits per heavy atom. The number of ether oxygens (including phenoxy) is 1. The summed E-state index contributed by atoms with van der Waals surface area (Å²) in [5.74, 6) is -0.811. The van der Waals surface area contributed by atoms with Crippen molar-refractivity contribution in [1.29, 1.82) is 0 Å². The molecule has 0 aromatic heterocycles. The van der Waals surface area contributed by atoms with E-state index in [1.54, 1.807) is 12.1 Å². The third kappa shape index (κ3) is 6.72. The maximum Gasteiger partial charge on any atom is 0.408 e. The average molecular weight is 444 g/mol. The van der Waals surface area contributed by atoms with E-state index in [4.69, 9.17) is 16.3 Å². The molecule has 0 heterocycles. The molecule has 1 aliphatic rings. The number of carbonyl (C=O) groups is 3. The predicted octanol–water partition coefficient (Wildman–Crippen LogP) is 4.12. The molecule has 1 atom stereocenters. The lowest BCUT2D eigenvalue weighted by Gasteiger charge is -2.21. The second-order valence-corrected chi connectivity index (χ2v) is 8.27. The van der Waals surface area contributed by atoms with E-state index in [0.29, 0.717) is 11.3 Å². The molecule has 164 valence electrons. The third-order valence-corrected chi connectivity index (χ3v) is 5.14. The lowest BCUT2D eigenvalue weighted by Crippen LogP contribution is -2.47. The number of alkyl carbamates (subject to hydrolysis) is 1. The molecule has 3 N–H and O–H groups in total. The fourth-order valence-corrected chi connectivity index (χ4v) is 3.18. The molecule has 0 bridgehead atoms. The SMILES string of the molecule is CC(C)[C@H](NC(=O)OCc1ccccc1)C(=O)Nc1ccc(C(=O)NC2CC2)c(Cl)c1. The number of halogens is 1. The Morgan fingerprint density at radius 1 is 1.10 bits per heavy atom. The number of rotatable bonds is 8. The highest BCUT2D eigenvalue weighted by molar-refractivity contribution is 6.34. The summed E-state index contributed by atoms with van der Waals surface area (Å²) in [4.78, 5) is 37.1. The number of nitrogens with one attached hydrogen (secondary N) is 3. The minimum Gasteiger partial charge on any atom is -0.445 e. The van der Waals surface area contributed by atoms with Gasteiger partial charge in [0, 0.05) is 11.7 Å². The van der Waals surface area contributed by atoms with Crippen molar-refractivity contribution in [3.63, 3.8) is 0 Å². The normalized spacial score (nSPS) is 13.9. The smallest absolute Gasteiger partial charge is 0.408 e. The number of carbonyl (C=O) groups excluding carboxylic acids is 3. The molecule has 0 unspecified atom stereocenters. The van der Waals surface area contributed by atoms with Gasteiger partial charge < -0.3 is 20.7 Å². The molecule has 3 amide bonds. The summed E-state index contributed by atoms with van der Waals surface area (Å²) in [6.45, 7) is 3.75. The van der Waals surface area contributed by atoms with Crippen LogP contribution in [0.3, 0.4) is 0 Å². The lowest BCUT2D eigenvalue weighted by atomic mass is 10.0. The van der Waals surface area contributed by atoms with Crippen molar-refractivity contribution < 1.29 is 19.1 Å². The molecular weight excluding hydrogens is 418 g/mol. The van der Waals surface area contributed by atoms with Crippen LogP contribution in [0.2, 0.25) is 5.02 Å². The van der Waals surface area contributed by atoms with Crippen LogP contribution in [0.15, 0.2) is 48.5 Å². The standard InChI is InChI=1S/C23H26ClN3O4/c1-14(2)20(27-23(30)31-13-15-6-4-3-5-7-15)22(29)26-17-10-11-18(19(24)12-17)21(28)25-16-8-9-16/h3-7,10-12,14,16,20H,8-9,13H2,1-2H3,(H,25,28)(H,26,29)(H,27,30)/t20-/m0/s1. The molecule has 1 fully saturated rings. The largest absolute Gasteiger partial charge is 0.445 e. The van der Waals surface area contributed by atoms with Crippen LogP contribution < -0.4 is 16.0 Å².